The molecule has 0 amide bonds. The first-order valence-corrected chi connectivity index (χ1v) is 9.41. The van der Waals surface area contributed by atoms with Crippen LogP contribution in [-0.4, -0.2) is 28.0 Å². The van der Waals surface area contributed by atoms with Crippen molar-refractivity contribution in [3.8, 4) is 0 Å². The van der Waals surface area contributed by atoms with Gasteiger partial charge in [-0.15, -0.1) is 0 Å². The van der Waals surface area contributed by atoms with Crippen LogP contribution in [0.25, 0.3) is 0 Å². The number of carbonyl (C=O) groups excluding carboxylic acids is 1. The summed E-state index contributed by atoms with van der Waals surface area (Å²) in [5, 5.41) is 0. The molecule has 0 fully saturated rings. The molecule has 0 saturated heterocycles. The molecule has 20 heavy (non-hydrogen) atoms. The zero-order chi connectivity index (χ0) is 15.9. The number of rotatable bonds is 8. The second kappa shape index (κ2) is 8.42. The van der Waals surface area contributed by atoms with Gasteiger partial charge < -0.3 is 9.16 Å². The van der Waals surface area contributed by atoms with Crippen molar-refractivity contribution in [2.45, 2.75) is 58.2 Å². The fourth-order valence-electron chi connectivity index (χ4n) is 3.15. The Labute approximate surface area is 125 Å². The van der Waals surface area contributed by atoms with Gasteiger partial charge in [-0.2, -0.15) is 0 Å². The Morgan fingerprint density at radius 3 is 1.85 bits per heavy atom. The van der Waals surface area contributed by atoms with E-state index in [4.69, 9.17) is 9.16 Å². The number of ether oxygens (including phenoxy) is 1. The summed E-state index contributed by atoms with van der Waals surface area (Å²) in [4.78, 5) is 11.7. The van der Waals surface area contributed by atoms with Crippen molar-refractivity contribution in [2.24, 2.45) is 0 Å². The van der Waals surface area contributed by atoms with Crippen LogP contribution < -0.4 is 0 Å². The minimum absolute atomic E-state index is 0.305. The predicted molar refractivity (Wildman–Crippen MR) is 87.3 cm³/mol. The number of hydrogen-bond donors (Lipinski definition) is 0. The smallest absolute Gasteiger partial charge is 0.336 e. The summed E-state index contributed by atoms with van der Waals surface area (Å²) >= 11 is 0. The largest absolute Gasteiger partial charge is 0.466 e. The summed E-state index contributed by atoms with van der Waals surface area (Å²) in [7, 11) is -0.575. The van der Waals surface area contributed by atoms with Crippen LogP contribution in [0.4, 0.5) is 0 Å². The number of methoxy groups -OCH3 is 1. The standard InChI is InChI=1S/C16H30O3Si/c1-9-10-15(16(17)18-8)11-19-20(12(2)3,13(4)5)14(6)7/h9-10,12-14H,1,11H2,2-8H3/b15-10+. The van der Waals surface area contributed by atoms with E-state index in [0.717, 1.165) is 0 Å². The van der Waals surface area contributed by atoms with E-state index in [1.54, 1.807) is 12.2 Å². The zero-order valence-corrected chi connectivity index (χ0v) is 15.0. The highest BCUT2D eigenvalue weighted by Crippen LogP contribution is 2.42. The first kappa shape index (κ1) is 19.1. The van der Waals surface area contributed by atoms with Crippen molar-refractivity contribution in [3.05, 3.63) is 24.3 Å². The van der Waals surface area contributed by atoms with E-state index in [1.165, 1.54) is 7.11 Å². The second-order valence-corrected chi connectivity index (χ2v) is 11.5. The van der Waals surface area contributed by atoms with Crippen LogP contribution in [0.2, 0.25) is 16.6 Å². The van der Waals surface area contributed by atoms with E-state index < -0.39 is 8.32 Å². The molecule has 0 heterocycles. The molecule has 4 heteroatoms. The SMILES string of the molecule is C=C/C=C(\CO[Si](C(C)C)(C(C)C)C(C)C)C(=O)OC. The molecule has 0 aliphatic carbocycles. The molecule has 0 radical (unpaired) electrons. The van der Waals surface area contributed by atoms with Gasteiger partial charge in [0, 0.05) is 0 Å². The van der Waals surface area contributed by atoms with Gasteiger partial charge in [0.05, 0.1) is 19.3 Å². The predicted octanol–water partition coefficient (Wildman–Crippen LogP) is 4.46. The van der Waals surface area contributed by atoms with Crippen molar-refractivity contribution in [3.63, 3.8) is 0 Å². The molecule has 0 rings (SSSR count). The Bertz CT molecular complexity index is 335. The van der Waals surface area contributed by atoms with E-state index >= 15 is 0 Å². The molecular weight excluding hydrogens is 268 g/mol. The first-order chi connectivity index (χ1) is 9.23. The van der Waals surface area contributed by atoms with Gasteiger partial charge in [-0.1, -0.05) is 60.3 Å². The zero-order valence-electron chi connectivity index (χ0n) is 14.0. The topological polar surface area (TPSA) is 35.5 Å². The third kappa shape index (κ3) is 4.32. The summed E-state index contributed by atoms with van der Waals surface area (Å²) < 4.78 is 11.2. The normalized spacial score (nSPS) is 13.2. The average molecular weight is 298 g/mol. The number of allylic oxidation sites excluding steroid dienone is 2. The summed E-state index contributed by atoms with van der Waals surface area (Å²) in [6.07, 6.45) is 3.27. The average Bonchev–Trinajstić information content (AvgIpc) is 2.35. The molecule has 0 aliphatic heterocycles. The summed E-state index contributed by atoms with van der Waals surface area (Å²) in [6, 6.07) is 0. The van der Waals surface area contributed by atoms with Crippen molar-refractivity contribution in [2.75, 3.05) is 13.7 Å². The quantitative estimate of drug-likeness (QED) is 0.287. The minimum Gasteiger partial charge on any atom is -0.466 e. The fourth-order valence-corrected chi connectivity index (χ4v) is 8.56. The van der Waals surface area contributed by atoms with Crippen molar-refractivity contribution in [1.82, 2.24) is 0 Å². The summed E-state index contributed by atoms with van der Waals surface area (Å²) in [6.45, 7) is 17.3. The maximum atomic E-state index is 11.7. The molecule has 0 atom stereocenters. The van der Waals surface area contributed by atoms with Gasteiger partial charge in [0.1, 0.15) is 0 Å². The van der Waals surface area contributed by atoms with Crippen LogP contribution in [0, 0.1) is 0 Å². The Kier molecular flexibility index (Phi) is 8.05. The maximum absolute atomic E-state index is 11.7. The first-order valence-electron chi connectivity index (χ1n) is 7.27. The van der Waals surface area contributed by atoms with Gasteiger partial charge in [-0.05, 0) is 16.6 Å². The lowest BCUT2D eigenvalue weighted by molar-refractivity contribution is -0.136. The van der Waals surface area contributed by atoms with Crippen LogP contribution in [0.3, 0.4) is 0 Å². The molecule has 0 aromatic carbocycles. The molecule has 0 spiro atoms. The van der Waals surface area contributed by atoms with Crippen molar-refractivity contribution >= 4 is 14.3 Å². The lowest BCUT2D eigenvalue weighted by atomic mass is 10.2. The number of hydrogen-bond acceptors (Lipinski definition) is 3. The molecule has 0 N–H and O–H groups in total. The Balaban J connectivity index is 5.24. The van der Waals surface area contributed by atoms with Crippen LogP contribution in [0.1, 0.15) is 41.5 Å². The van der Waals surface area contributed by atoms with E-state index in [-0.39, 0.29) is 5.97 Å². The van der Waals surface area contributed by atoms with Crippen LogP contribution >= 0.6 is 0 Å². The van der Waals surface area contributed by atoms with E-state index in [1.807, 2.05) is 0 Å². The van der Waals surface area contributed by atoms with Gasteiger partial charge in [0.2, 0.25) is 8.32 Å². The highest BCUT2D eigenvalue weighted by Gasteiger charge is 2.45. The number of carbonyl (C=O) groups is 1. The Hall–Kier alpha value is -0.873. The Morgan fingerprint density at radius 2 is 1.55 bits per heavy atom. The number of esters is 1. The third-order valence-electron chi connectivity index (χ3n) is 3.95. The molecule has 0 saturated carbocycles. The van der Waals surface area contributed by atoms with Gasteiger partial charge in [-0.25, -0.2) is 4.79 Å². The van der Waals surface area contributed by atoms with Gasteiger partial charge in [0.15, 0.2) is 0 Å². The maximum Gasteiger partial charge on any atom is 0.336 e. The molecule has 0 aromatic heterocycles. The lowest BCUT2D eigenvalue weighted by Crippen LogP contribution is -2.48. The monoisotopic (exact) mass is 298 g/mol. The molecule has 116 valence electrons. The molecule has 0 aromatic rings. The van der Waals surface area contributed by atoms with Crippen LogP contribution in [0.15, 0.2) is 24.3 Å². The van der Waals surface area contributed by atoms with Gasteiger partial charge in [0.25, 0.3) is 0 Å². The second-order valence-electron chi connectivity index (χ2n) is 6.03. The van der Waals surface area contributed by atoms with Gasteiger partial charge in [-0.3, -0.25) is 0 Å². The molecule has 0 bridgehead atoms. The van der Waals surface area contributed by atoms with Crippen molar-refractivity contribution in [1.29, 1.82) is 0 Å². The van der Waals surface area contributed by atoms with E-state index in [0.29, 0.717) is 28.8 Å². The minimum atomic E-state index is -1.96. The molecular formula is C16H30O3Si. The van der Waals surface area contributed by atoms with Gasteiger partial charge >= 0.3 is 5.97 Å². The highest BCUT2D eigenvalue weighted by atomic mass is 28.4. The van der Waals surface area contributed by atoms with Crippen LogP contribution in [-0.2, 0) is 14.0 Å². The fraction of sp³-hybridized carbons (Fsp3) is 0.688. The van der Waals surface area contributed by atoms with Crippen LogP contribution in [0.5, 0.6) is 0 Å². The molecule has 0 unspecified atom stereocenters. The lowest BCUT2D eigenvalue weighted by Gasteiger charge is -2.42. The van der Waals surface area contributed by atoms with Crippen molar-refractivity contribution < 1.29 is 14.0 Å². The Morgan fingerprint density at radius 1 is 1.10 bits per heavy atom. The van der Waals surface area contributed by atoms with E-state index in [9.17, 15) is 4.79 Å². The molecule has 3 nitrogen and oxygen atoms in total. The summed E-state index contributed by atoms with van der Waals surface area (Å²) in [5.74, 6) is -0.343. The summed E-state index contributed by atoms with van der Waals surface area (Å²) in [5.41, 5.74) is 2.00. The van der Waals surface area contributed by atoms with E-state index in [2.05, 4.69) is 48.1 Å². The molecule has 0 aliphatic rings. The highest BCUT2D eigenvalue weighted by molar-refractivity contribution is 6.77. The third-order valence-corrected chi connectivity index (χ3v) is 10.0.